The molecule has 0 saturated carbocycles. The van der Waals surface area contributed by atoms with Gasteiger partial charge in [-0.05, 0) is 49.1 Å². The number of aryl methyl sites for hydroxylation is 1. The van der Waals surface area contributed by atoms with Gasteiger partial charge in [-0.15, -0.1) is 11.3 Å². The average Bonchev–Trinajstić information content (AvgIpc) is 2.81. The largest absolute Gasteiger partial charge is 0.271 e. The SMILES string of the molecule is Cc1ccsc1C(CC1CCCN(S(C)(=O)=O)C1)NN. The van der Waals surface area contributed by atoms with Crippen LogP contribution >= 0.6 is 11.3 Å². The van der Waals surface area contributed by atoms with Crippen molar-refractivity contribution in [2.45, 2.75) is 32.2 Å². The van der Waals surface area contributed by atoms with Crippen LogP contribution in [0.2, 0.25) is 0 Å². The Hall–Kier alpha value is -0.470. The Morgan fingerprint density at radius 1 is 1.60 bits per heavy atom. The molecule has 5 nitrogen and oxygen atoms in total. The van der Waals surface area contributed by atoms with Crippen molar-refractivity contribution in [3.8, 4) is 0 Å². The number of hydrogen-bond donors (Lipinski definition) is 2. The molecule has 114 valence electrons. The van der Waals surface area contributed by atoms with Crippen molar-refractivity contribution in [1.29, 1.82) is 0 Å². The zero-order chi connectivity index (χ0) is 14.8. The molecule has 0 amide bonds. The minimum absolute atomic E-state index is 0.111. The van der Waals surface area contributed by atoms with E-state index >= 15 is 0 Å². The maximum atomic E-state index is 11.7. The van der Waals surface area contributed by atoms with E-state index in [0.717, 1.165) is 19.3 Å². The van der Waals surface area contributed by atoms with E-state index < -0.39 is 10.0 Å². The fourth-order valence-electron chi connectivity index (χ4n) is 2.85. The molecule has 1 fully saturated rings. The molecule has 7 heteroatoms. The highest BCUT2D eigenvalue weighted by molar-refractivity contribution is 7.88. The lowest BCUT2D eigenvalue weighted by atomic mass is 9.91. The average molecular weight is 317 g/mol. The van der Waals surface area contributed by atoms with Gasteiger partial charge in [0.25, 0.3) is 0 Å². The Morgan fingerprint density at radius 3 is 2.90 bits per heavy atom. The van der Waals surface area contributed by atoms with Gasteiger partial charge in [-0.2, -0.15) is 0 Å². The first-order chi connectivity index (χ1) is 9.41. The van der Waals surface area contributed by atoms with Crippen LogP contribution in [0, 0.1) is 12.8 Å². The number of nitrogens with zero attached hydrogens (tertiary/aromatic N) is 1. The van der Waals surface area contributed by atoms with E-state index in [-0.39, 0.29) is 6.04 Å². The highest BCUT2D eigenvalue weighted by Crippen LogP contribution is 2.31. The van der Waals surface area contributed by atoms with Gasteiger partial charge in [-0.1, -0.05) is 0 Å². The molecule has 0 bridgehead atoms. The Labute approximate surface area is 125 Å². The summed E-state index contributed by atoms with van der Waals surface area (Å²) in [4.78, 5) is 1.25. The number of nitrogens with two attached hydrogens (primary N) is 1. The minimum Gasteiger partial charge on any atom is -0.271 e. The Bertz CT molecular complexity index is 542. The molecule has 2 heterocycles. The lowest BCUT2D eigenvalue weighted by molar-refractivity contribution is 0.239. The molecule has 0 radical (unpaired) electrons. The first-order valence-electron chi connectivity index (χ1n) is 6.87. The van der Waals surface area contributed by atoms with Crippen LogP contribution in [-0.2, 0) is 10.0 Å². The summed E-state index contributed by atoms with van der Waals surface area (Å²) >= 11 is 1.70. The minimum atomic E-state index is -3.08. The van der Waals surface area contributed by atoms with Crippen LogP contribution in [0.15, 0.2) is 11.4 Å². The van der Waals surface area contributed by atoms with E-state index in [0.29, 0.717) is 19.0 Å². The second kappa shape index (κ2) is 6.53. The summed E-state index contributed by atoms with van der Waals surface area (Å²) in [5, 5.41) is 2.07. The smallest absolute Gasteiger partial charge is 0.211 e. The third kappa shape index (κ3) is 3.79. The summed E-state index contributed by atoms with van der Waals surface area (Å²) < 4.78 is 24.9. The van der Waals surface area contributed by atoms with E-state index in [1.54, 1.807) is 15.6 Å². The van der Waals surface area contributed by atoms with E-state index in [1.807, 2.05) is 0 Å². The van der Waals surface area contributed by atoms with Crippen LogP contribution in [0.4, 0.5) is 0 Å². The molecule has 1 aliphatic heterocycles. The van der Waals surface area contributed by atoms with Gasteiger partial charge in [0.15, 0.2) is 0 Å². The van der Waals surface area contributed by atoms with Gasteiger partial charge < -0.3 is 0 Å². The lowest BCUT2D eigenvalue weighted by Crippen LogP contribution is -2.41. The summed E-state index contributed by atoms with van der Waals surface area (Å²) in [5.41, 5.74) is 4.13. The first-order valence-corrected chi connectivity index (χ1v) is 9.60. The van der Waals surface area contributed by atoms with Crippen molar-refractivity contribution in [2.24, 2.45) is 11.8 Å². The highest BCUT2D eigenvalue weighted by atomic mass is 32.2. The summed E-state index contributed by atoms with van der Waals surface area (Å²) in [6, 6.07) is 2.20. The van der Waals surface area contributed by atoms with Crippen molar-refractivity contribution in [3.63, 3.8) is 0 Å². The third-order valence-electron chi connectivity index (χ3n) is 3.94. The van der Waals surface area contributed by atoms with Gasteiger partial charge in [-0.3, -0.25) is 11.3 Å². The number of nitrogens with one attached hydrogen (secondary N) is 1. The van der Waals surface area contributed by atoms with Crippen LogP contribution in [0.25, 0.3) is 0 Å². The molecule has 2 rings (SSSR count). The molecule has 0 spiro atoms. The second-order valence-corrected chi connectivity index (χ2v) is 8.48. The number of hydrogen-bond acceptors (Lipinski definition) is 5. The van der Waals surface area contributed by atoms with Crippen molar-refractivity contribution in [1.82, 2.24) is 9.73 Å². The topological polar surface area (TPSA) is 75.4 Å². The third-order valence-corrected chi connectivity index (χ3v) is 6.34. The number of rotatable bonds is 5. The van der Waals surface area contributed by atoms with Crippen molar-refractivity contribution < 1.29 is 8.42 Å². The monoisotopic (exact) mass is 317 g/mol. The van der Waals surface area contributed by atoms with Crippen molar-refractivity contribution in [2.75, 3.05) is 19.3 Å². The van der Waals surface area contributed by atoms with Crippen LogP contribution in [0.3, 0.4) is 0 Å². The standard InChI is InChI=1S/C13H23N3O2S2/c1-10-5-7-19-13(10)12(15-14)8-11-4-3-6-16(9-11)20(2,17)18/h5,7,11-12,15H,3-4,6,8-9,14H2,1-2H3. The van der Waals surface area contributed by atoms with E-state index in [4.69, 9.17) is 5.84 Å². The predicted octanol–water partition coefficient (Wildman–Crippen LogP) is 1.62. The van der Waals surface area contributed by atoms with Gasteiger partial charge in [0.05, 0.1) is 12.3 Å². The highest BCUT2D eigenvalue weighted by Gasteiger charge is 2.28. The number of thiophene rings is 1. The predicted molar refractivity (Wildman–Crippen MR) is 82.9 cm³/mol. The van der Waals surface area contributed by atoms with Crippen molar-refractivity contribution in [3.05, 3.63) is 21.9 Å². The number of piperidine rings is 1. The summed E-state index contributed by atoms with van der Waals surface area (Å²) in [5.74, 6) is 6.06. The first kappa shape index (κ1) is 15.9. The molecule has 0 aromatic carbocycles. The summed E-state index contributed by atoms with van der Waals surface area (Å²) in [6.45, 7) is 3.34. The fourth-order valence-corrected chi connectivity index (χ4v) is 4.79. The molecule has 0 aliphatic carbocycles. The van der Waals surface area contributed by atoms with Crippen LogP contribution in [0.5, 0.6) is 0 Å². The Kier molecular flexibility index (Phi) is 5.19. The molecule has 1 aliphatic rings. The Balaban J connectivity index is 2.03. The summed E-state index contributed by atoms with van der Waals surface area (Å²) in [7, 11) is -3.08. The quantitative estimate of drug-likeness (QED) is 0.639. The van der Waals surface area contributed by atoms with Crippen LogP contribution < -0.4 is 11.3 Å². The zero-order valence-electron chi connectivity index (χ0n) is 12.0. The van der Waals surface area contributed by atoms with Crippen LogP contribution in [-0.4, -0.2) is 32.1 Å². The molecule has 2 unspecified atom stereocenters. The van der Waals surface area contributed by atoms with Gasteiger partial charge in [0.2, 0.25) is 10.0 Å². The molecule has 2 atom stereocenters. The summed E-state index contributed by atoms with van der Waals surface area (Å²) in [6.07, 6.45) is 4.16. The normalized spacial score (nSPS) is 22.9. The maximum absolute atomic E-state index is 11.7. The molecule has 20 heavy (non-hydrogen) atoms. The number of hydrazine groups is 1. The van der Waals surface area contributed by atoms with E-state index in [2.05, 4.69) is 23.8 Å². The zero-order valence-corrected chi connectivity index (χ0v) is 13.6. The lowest BCUT2D eigenvalue weighted by Gasteiger charge is -2.32. The molecular weight excluding hydrogens is 294 g/mol. The molecule has 3 N–H and O–H groups in total. The fraction of sp³-hybridized carbons (Fsp3) is 0.692. The van der Waals surface area contributed by atoms with E-state index in [1.165, 1.54) is 16.7 Å². The molecule has 1 aromatic rings. The van der Waals surface area contributed by atoms with Crippen LogP contribution in [0.1, 0.15) is 35.7 Å². The Morgan fingerprint density at radius 2 is 2.35 bits per heavy atom. The number of sulfonamides is 1. The van der Waals surface area contributed by atoms with E-state index in [9.17, 15) is 8.42 Å². The van der Waals surface area contributed by atoms with Gasteiger partial charge in [0, 0.05) is 18.0 Å². The van der Waals surface area contributed by atoms with Gasteiger partial charge in [-0.25, -0.2) is 12.7 Å². The molecule has 1 saturated heterocycles. The van der Waals surface area contributed by atoms with Crippen molar-refractivity contribution >= 4 is 21.4 Å². The maximum Gasteiger partial charge on any atom is 0.211 e. The molecular formula is C13H23N3O2S2. The molecule has 1 aromatic heterocycles. The van der Waals surface area contributed by atoms with Gasteiger partial charge in [0.1, 0.15) is 0 Å². The second-order valence-electron chi connectivity index (χ2n) is 5.55. The van der Waals surface area contributed by atoms with Gasteiger partial charge >= 0.3 is 0 Å².